The molecular formula is C40H54O29. The number of esters is 14. The van der Waals surface area contributed by atoms with Gasteiger partial charge < -0.3 is 71.1 Å². The monoisotopic (exact) mass is 998 g/mol. The zero-order valence-electron chi connectivity index (χ0n) is 39.3. The van der Waals surface area contributed by atoms with E-state index in [2.05, 4.69) is 37.9 Å². The molecule has 0 aromatic carbocycles. The number of carbonyl (C=O) groups is 14. The lowest BCUT2D eigenvalue weighted by Crippen LogP contribution is -2.43. The molecule has 0 fully saturated rings. The van der Waals surface area contributed by atoms with E-state index >= 15 is 0 Å². The number of methoxy groups -OCH3 is 8. The first kappa shape index (κ1) is 61.5. The molecule has 0 aromatic rings. The fourth-order valence-electron chi connectivity index (χ4n) is 4.83. The van der Waals surface area contributed by atoms with Crippen molar-refractivity contribution in [1.29, 1.82) is 0 Å². The molecule has 388 valence electrons. The van der Waals surface area contributed by atoms with E-state index < -0.39 is 177 Å². The van der Waals surface area contributed by atoms with Crippen LogP contribution in [0.1, 0.15) is 65.7 Å². The molecule has 0 unspecified atom stereocenters. The first-order valence-electron chi connectivity index (χ1n) is 19.7. The first-order valence-corrected chi connectivity index (χ1v) is 19.7. The van der Waals surface area contributed by atoms with Crippen LogP contribution in [0.15, 0.2) is 0 Å². The van der Waals surface area contributed by atoms with Gasteiger partial charge >= 0.3 is 83.6 Å². The lowest BCUT2D eigenvalue weighted by atomic mass is 10.1. The Bertz CT molecular complexity index is 1880. The Balaban J connectivity index is 7.18. The molecule has 29 nitrogen and oxygen atoms in total. The van der Waals surface area contributed by atoms with E-state index in [4.69, 9.17) is 33.2 Å². The van der Waals surface area contributed by atoms with Crippen LogP contribution in [0.2, 0.25) is 0 Å². The molecular weight excluding hydrogens is 944 g/mol. The van der Waals surface area contributed by atoms with E-state index in [0.717, 1.165) is 56.9 Å². The van der Waals surface area contributed by atoms with Crippen molar-refractivity contribution in [2.75, 3.05) is 56.9 Å². The lowest BCUT2D eigenvalue weighted by molar-refractivity contribution is -0.193. The molecule has 69 heavy (non-hydrogen) atoms. The van der Waals surface area contributed by atoms with Gasteiger partial charge in [0.25, 0.3) is 0 Å². The zero-order valence-corrected chi connectivity index (χ0v) is 39.3. The summed E-state index contributed by atoms with van der Waals surface area (Å²) in [4.78, 5) is 178. The Morgan fingerprint density at radius 2 is 0.449 bits per heavy atom. The highest BCUT2D eigenvalue weighted by molar-refractivity contribution is 5.92. The van der Waals surface area contributed by atoms with Gasteiger partial charge in [-0.1, -0.05) is 0 Å². The molecule has 0 bridgehead atoms. The molecule has 0 heterocycles. The average molecular weight is 999 g/mol. The third-order valence-corrected chi connectivity index (χ3v) is 8.11. The fourth-order valence-corrected chi connectivity index (χ4v) is 4.83. The lowest BCUT2D eigenvalue weighted by Gasteiger charge is -2.28. The van der Waals surface area contributed by atoms with Gasteiger partial charge in [0, 0.05) is 0 Å². The largest absolute Gasteiger partial charge is 0.469 e. The van der Waals surface area contributed by atoms with Gasteiger partial charge in [0.1, 0.15) is 0 Å². The van der Waals surface area contributed by atoms with E-state index in [1.807, 2.05) is 0 Å². The van der Waals surface area contributed by atoms with Crippen LogP contribution in [0.5, 0.6) is 0 Å². The van der Waals surface area contributed by atoms with E-state index in [0.29, 0.717) is 0 Å². The minimum Gasteiger partial charge on any atom is -0.469 e. The van der Waals surface area contributed by atoms with Crippen molar-refractivity contribution in [2.24, 2.45) is 0 Å². The van der Waals surface area contributed by atoms with Crippen molar-refractivity contribution in [3.8, 4) is 0 Å². The Hall–Kier alpha value is -7.46. The van der Waals surface area contributed by atoms with Gasteiger partial charge in [-0.25, -0.2) is 33.6 Å². The maximum absolute atomic E-state index is 13.9. The van der Waals surface area contributed by atoms with Gasteiger partial charge in [-0.2, -0.15) is 0 Å². The van der Waals surface area contributed by atoms with Gasteiger partial charge in [0.05, 0.1) is 107 Å². The summed E-state index contributed by atoms with van der Waals surface area (Å²) in [6, 6.07) is 0. The molecule has 0 radical (unpaired) electrons. The van der Waals surface area contributed by atoms with Crippen molar-refractivity contribution >= 4 is 83.6 Å². The average Bonchev–Trinajstić information content (AvgIpc) is 3.30. The number of carbonyl (C=O) groups excluding carboxylic acids is 14. The van der Waals surface area contributed by atoms with Crippen molar-refractivity contribution in [3.05, 3.63) is 0 Å². The predicted octanol–water partition coefficient (Wildman–Crippen LogP) is -2.24. The van der Waals surface area contributed by atoms with Crippen molar-refractivity contribution in [1.82, 2.24) is 0 Å². The summed E-state index contributed by atoms with van der Waals surface area (Å²) in [6.07, 6.45) is -23.2. The van der Waals surface area contributed by atoms with Crippen LogP contribution in [-0.2, 0) is 138 Å². The zero-order chi connectivity index (χ0) is 53.2. The highest BCUT2D eigenvalue weighted by atomic mass is 16.7. The molecule has 0 rings (SSSR count). The van der Waals surface area contributed by atoms with Gasteiger partial charge in [-0.3, -0.25) is 33.6 Å². The summed E-state index contributed by atoms with van der Waals surface area (Å²) in [5, 5.41) is 0. The number of rotatable bonds is 28. The van der Waals surface area contributed by atoms with Gasteiger partial charge in [0.15, 0.2) is 6.10 Å². The molecule has 0 aliphatic rings. The molecule has 0 N–H and O–H groups in total. The Kier molecular flexibility index (Phi) is 27.4. The van der Waals surface area contributed by atoms with Gasteiger partial charge in [0.2, 0.25) is 36.6 Å². The number of hydrogen-bond donors (Lipinski definition) is 0. The third-order valence-electron chi connectivity index (χ3n) is 8.11. The van der Waals surface area contributed by atoms with Crippen molar-refractivity contribution < 1.29 is 138 Å². The number of ether oxygens (including phenoxy) is 15. The molecule has 0 aliphatic carbocycles. The van der Waals surface area contributed by atoms with E-state index in [-0.39, 0.29) is 0 Å². The van der Waals surface area contributed by atoms with Crippen molar-refractivity contribution in [2.45, 2.75) is 114 Å². The maximum atomic E-state index is 13.9. The van der Waals surface area contributed by atoms with Gasteiger partial charge in [-0.15, -0.1) is 0 Å². The van der Waals surface area contributed by atoms with Crippen LogP contribution >= 0.6 is 0 Å². The second-order valence-electron chi connectivity index (χ2n) is 14.3. The second-order valence-corrected chi connectivity index (χ2v) is 14.3. The molecule has 0 aliphatic heterocycles. The minimum atomic E-state index is -2.51. The quantitative estimate of drug-likeness (QED) is 0.0590. The molecule has 0 saturated heterocycles. The van der Waals surface area contributed by atoms with E-state index in [9.17, 15) is 67.1 Å². The topological polar surface area (TPSA) is 377 Å². The molecule has 29 heteroatoms. The summed E-state index contributed by atoms with van der Waals surface area (Å²) >= 11 is 0. The Morgan fingerprint density at radius 3 is 0.681 bits per heavy atom. The fraction of sp³-hybridized carbons (Fsp3) is 0.650. The highest BCUT2D eigenvalue weighted by Crippen LogP contribution is 2.21. The summed E-state index contributed by atoms with van der Waals surface area (Å²) in [5.74, 6) is -19.6. The second kappa shape index (κ2) is 30.8. The normalized spacial score (nSPS) is 13.7. The van der Waals surface area contributed by atoms with Crippen LogP contribution in [0, 0.1) is 0 Å². The Morgan fingerprint density at radius 1 is 0.261 bits per heavy atom. The van der Waals surface area contributed by atoms with Crippen LogP contribution in [0.4, 0.5) is 0 Å². The molecule has 0 aromatic heterocycles. The van der Waals surface area contributed by atoms with E-state index in [1.165, 1.54) is 20.8 Å². The predicted molar refractivity (Wildman–Crippen MR) is 212 cm³/mol. The van der Waals surface area contributed by atoms with Crippen molar-refractivity contribution in [3.63, 3.8) is 0 Å². The standard InChI is InChI=1S/C40H54O29/c1-40(2,3)69-25(39(54)68-24(38(53)67-22(36(51)62-11)15-29(44)58-7)17-31(46)64-20(34(49)60-9)13-27(42)56-5)18-32(47)65-23(37(52)66-21(35(50)61-10)14-28(43)57-6)16-30(45)63-19(33(48)59-8)12-26(41)55-4/h19-25H,12-18H2,1-11H3/t19-,20-,21-,22-,23-,24-,25-/m0/s1. The first-order chi connectivity index (χ1) is 32.2. The molecule has 0 amide bonds. The van der Waals surface area contributed by atoms with Gasteiger partial charge in [-0.05, 0) is 20.8 Å². The summed E-state index contributed by atoms with van der Waals surface area (Å²) in [7, 11) is 7.13. The Labute approximate surface area is 392 Å². The smallest absolute Gasteiger partial charge is 0.348 e. The third kappa shape index (κ3) is 23.7. The van der Waals surface area contributed by atoms with Crippen LogP contribution in [-0.4, -0.2) is 189 Å². The van der Waals surface area contributed by atoms with E-state index in [1.54, 1.807) is 0 Å². The summed E-state index contributed by atoms with van der Waals surface area (Å²) in [6.45, 7) is 4.04. The summed E-state index contributed by atoms with van der Waals surface area (Å²) in [5.41, 5.74) is -1.41. The number of hydrogen-bond acceptors (Lipinski definition) is 29. The van der Waals surface area contributed by atoms with Crippen LogP contribution < -0.4 is 0 Å². The van der Waals surface area contributed by atoms with Crippen LogP contribution in [0.3, 0.4) is 0 Å². The summed E-state index contributed by atoms with van der Waals surface area (Å²) < 4.78 is 71.9. The SMILES string of the molecule is COC(=O)C[C@H](OC(=O)C[C@H](OC(=O)C[C@H](OC(C)(C)C)C(=O)O[C@@H](CC(=O)O[C@@H](CC(=O)OC)C(=O)OC)C(=O)O[C@@H](CC(=O)OC)C(=O)OC)C(=O)O[C@@H](CC(=O)OC)C(=O)OC)C(=O)OC. The highest BCUT2D eigenvalue weighted by Gasteiger charge is 2.41. The maximum Gasteiger partial charge on any atom is 0.348 e. The molecule has 0 spiro atoms. The minimum absolute atomic E-state index is 0.842. The molecule has 0 saturated carbocycles. The molecule has 7 atom stereocenters. The van der Waals surface area contributed by atoms with Crippen LogP contribution in [0.25, 0.3) is 0 Å².